The number of ether oxygens (including phenoxy) is 1. The molecule has 0 bridgehead atoms. The zero-order valence-corrected chi connectivity index (χ0v) is 13.0. The molecule has 0 spiro atoms. The van der Waals surface area contributed by atoms with Gasteiger partial charge in [0.2, 0.25) is 0 Å². The Bertz CT molecular complexity index is 355. The number of hydrogen-bond donors (Lipinski definition) is 2. The number of hydrogen-bond acceptors (Lipinski definition) is 3. The molecule has 0 aromatic heterocycles. The third-order valence-electron chi connectivity index (χ3n) is 5.05. The molecule has 2 N–H and O–H groups in total. The van der Waals surface area contributed by atoms with Crippen LogP contribution < -0.4 is 5.32 Å². The average molecular weight is 296 g/mol. The third kappa shape index (κ3) is 4.10. The molecule has 0 radical (unpaired) electrons. The molecule has 3 rings (SSSR count). The van der Waals surface area contributed by atoms with Gasteiger partial charge in [-0.1, -0.05) is 0 Å². The van der Waals surface area contributed by atoms with Crippen molar-refractivity contribution >= 4 is 6.03 Å². The molecule has 5 heteroatoms. The number of aliphatic hydroxyl groups excluding tert-OH is 1. The van der Waals surface area contributed by atoms with Crippen LogP contribution in [0.15, 0.2) is 0 Å². The van der Waals surface area contributed by atoms with Crippen molar-refractivity contribution in [1.29, 1.82) is 0 Å². The van der Waals surface area contributed by atoms with Crippen molar-refractivity contribution < 1.29 is 14.6 Å². The van der Waals surface area contributed by atoms with Crippen molar-refractivity contribution in [2.45, 2.75) is 51.2 Å². The van der Waals surface area contributed by atoms with Crippen molar-refractivity contribution in [3.05, 3.63) is 0 Å². The molecule has 1 heterocycles. The van der Waals surface area contributed by atoms with Crippen LogP contribution in [0.3, 0.4) is 0 Å². The Labute approximate surface area is 127 Å². The topological polar surface area (TPSA) is 61.8 Å². The Kier molecular flexibility index (Phi) is 4.69. The maximum Gasteiger partial charge on any atom is 0.317 e. The molecule has 0 unspecified atom stereocenters. The summed E-state index contributed by atoms with van der Waals surface area (Å²) in [6, 6.07) is 0.0225. The Morgan fingerprint density at radius 3 is 2.57 bits per heavy atom. The van der Waals surface area contributed by atoms with Crippen molar-refractivity contribution in [2.24, 2.45) is 17.8 Å². The highest BCUT2D eigenvalue weighted by atomic mass is 16.5. The van der Waals surface area contributed by atoms with Crippen molar-refractivity contribution in [2.75, 3.05) is 26.3 Å². The first-order valence-electron chi connectivity index (χ1n) is 8.45. The number of aliphatic hydroxyl groups is 1. The SMILES string of the molecule is C[C@@H](O)C[C@@H]1COCCN1C(=O)NCC(C1CC1)C1CC1. The summed E-state index contributed by atoms with van der Waals surface area (Å²) in [5.74, 6) is 2.41. The second-order valence-corrected chi connectivity index (χ2v) is 7.03. The van der Waals surface area contributed by atoms with Gasteiger partial charge in [-0.25, -0.2) is 4.79 Å². The largest absolute Gasteiger partial charge is 0.393 e. The molecular formula is C16H28N2O3. The lowest BCUT2D eigenvalue weighted by Gasteiger charge is -2.36. The normalized spacial score (nSPS) is 27.8. The van der Waals surface area contributed by atoms with Gasteiger partial charge in [-0.05, 0) is 56.8 Å². The highest BCUT2D eigenvalue weighted by Gasteiger charge is 2.41. The molecule has 2 amide bonds. The summed E-state index contributed by atoms with van der Waals surface area (Å²) in [5.41, 5.74) is 0. The second kappa shape index (κ2) is 6.53. The van der Waals surface area contributed by atoms with E-state index in [1.54, 1.807) is 6.92 Å². The predicted octanol–water partition coefficient (Wildman–Crippen LogP) is 1.60. The smallest absolute Gasteiger partial charge is 0.317 e. The third-order valence-corrected chi connectivity index (χ3v) is 5.05. The molecule has 0 aromatic rings. The Morgan fingerprint density at radius 2 is 2.00 bits per heavy atom. The molecule has 2 saturated carbocycles. The minimum Gasteiger partial charge on any atom is -0.393 e. The van der Waals surface area contributed by atoms with Gasteiger partial charge >= 0.3 is 6.03 Å². The summed E-state index contributed by atoms with van der Waals surface area (Å²) >= 11 is 0. The molecule has 2 atom stereocenters. The van der Waals surface area contributed by atoms with E-state index in [0.29, 0.717) is 32.1 Å². The van der Waals surface area contributed by atoms with Gasteiger partial charge < -0.3 is 20.1 Å². The standard InChI is InChI=1S/C16H28N2O3/c1-11(19)8-14-10-21-7-6-18(14)16(20)17-9-15(12-2-3-12)13-4-5-13/h11-15,19H,2-10H2,1H3,(H,17,20)/t11-,14-/m1/s1. The second-order valence-electron chi connectivity index (χ2n) is 7.03. The Morgan fingerprint density at radius 1 is 1.33 bits per heavy atom. The molecule has 3 aliphatic rings. The van der Waals surface area contributed by atoms with Gasteiger partial charge in [-0.3, -0.25) is 0 Å². The zero-order chi connectivity index (χ0) is 14.8. The minimum absolute atomic E-state index is 0.000880. The van der Waals surface area contributed by atoms with Crippen LogP contribution >= 0.6 is 0 Å². The van der Waals surface area contributed by atoms with Crippen LogP contribution in [0.2, 0.25) is 0 Å². The predicted molar refractivity (Wildman–Crippen MR) is 79.9 cm³/mol. The maximum atomic E-state index is 12.5. The lowest BCUT2D eigenvalue weighted by atomic mass is 9.98. The summed E-state index contributed by atoms with van der Waals surface area (Å²) in [7, 11) is 0. The summed E-state index contributed by atoms with van der Waals surface area (Å²) < 4.78 is 5.45. The van der Waals surface area contributed by atoms with Crippen LogP contribution in [0, 0.1) is 17.8 Å². The van der Waals surface area contributed by atoms with Crippen LogP contribution in [0.5, 0.6) is 0 Å². The number of nitrogens with zero attached hydrogens (tertiary/aromatic N) is 1. The quantitative estimate of drug-likeness (QED) is 0.782. The summed E-state index contributed by atoms with van der Waals surface area (Å²) in [4.78, 5) is 14.3. The fraction of sp³-hybridized carbons (Fsp3) is 0.938. The van der Waals surface area contributed by atoms with E-state index in [1.165, 1.54) is 25.7 Å². The van der Waals surface area contributed by atoms with Crippen molar-refractivity contribution in [3.63, 3.8) is 0 Å². The summed E-state index contributed by atoms with van der Waals surface area (Å²) in [6.07, 6.45) is 5.57. The number of urea groups is 1. The van der Waals surface area contributed by atoms with E-state index >= 15 is 0 Å². The van der Waals surface area contributed by atoms with Gasteiger partial charge in [-0.2, -0.15) is 0 Å². The van der Waals surface area contributed by atoms with Crippen LogP contribution in [0.4, 0.5) is 4.79 Å². The van der Waals surface area contributed by atoms with E-state index in [4.69, 9.17) is 4.74 Å². The first kappa shape index (κ1) is 15.1. The summed E-state index contributed by atoms with van der Waals surface area (Å²) in [5, 5.41) is 12.7. The highest BCUT2D eigenvalue weighted by Crippen LogP contribution is 2.48. The first-order chi connectivity index (χ1) is 10.1. The monoisotopic (exact) mass is 296 g/mol. The first-order valence-corrected chi connectivity index (χ1v) is 8.45. The fourth-order valence-corrected chi connectivity index (χ4v) is 3.58. The molecule has 1 saturated heterocycles. The number of nitrogens with one attached hydrogen (secondary N) is 1. The maximum absolute atomic E-state index is 12.5. The van der Waals surface area contributed by atoms with Gasteiger partial charge in [0.05, 0.1) is 25.4 Å². The lowest BCUT2D eigenvalue weighted by Crippen LogP contribution is -2.54. The number of rotatable bonds is 6. The van der Waals surface area contributed by atoms with Gasteiger partial charge in [0, 0.05) is 13.1 Å². The molecule has 2 aliphatic carbocycles. The Balaban J connectivity index is 1.50. The number of morpholine rings is 1. The van der Waals surface area contributed by atoms with Crippen molar-refractivity contribution in [3.8, 4) is 0 Å². The van der Waals surface area contributed by atoms with E-state index < -0.39 is 6.10 Å². The minimum atomic E-state index is -0.405. The number of carbonyl (C=O) groups excluding carboxylic acids is 1. The van der Waals surface area contributed by atoms with Crippen LogP contribution in [0.1, 0.15) is 39.0 Å². The molecule has 1 aliphatic heterocycles. The Hall–Kier alpha value is -0.810. The average Bonchev–Trinajstić information content (AvgIpc) is 3.32. The van der Waals surface area contributed by atoms with E-state index in [2.05, 4.69) is 5.32 Å². The summed E-state index contributed by atoms with van der Waals surface area (Å²) in [6.45, 7) is 4.35. The fourth-order valence-electron chi connectivity index (χ4n) is 3.58. The van der Waals surface area contributed by atoms with Gasteiger partial charge in [0.25, 0.3) is 0 Å². The van der Waals surface area contributed by atoms with Crippen LogP contribution in [0.25, 0.3) is 0 Å². The molecular weight excluding hydrogens is 268 g/mol. The van der Waals surface area contributed by atoms with Crippen molar-refractivity contribution in [1.82, 2.24) is 10.2 Å². The van der Waals surface area contributed by atoms with Gasteiger partial charge in [-0.15, -0.1) is 0 Å². The number of amides is 2. The van der Waals surface area contributed by atoms with E-state index in [-0.39, 0.29) is 12.1 Å². The van der Waals surface area contributed by atoms with E-state index in [1.807, 2.05) is 4.90 Å². The van der Waals surface area contributed by atoms with Crippen LogP contribution in [-0.4, -0.2) is 54.5 Å². The molecule has 0 aromatic carbocycles. The highest BCUT2D eigenvalue weighted by molar-refractivity contribution is 5.74. The number of carbonyl (C=O) groups is 1. The molecule has 3 fully saturated rings. The van der Waals surface area contributed by atoms with Crippen LogP contribution in [-0.2, 0) is 4.74 Å². The van der Waals surface area contributed by atoms with Gasteiger partial charge in [0.1, 0.15) is 0 Å². The van der Waals surface area contributed by atoms with E-state index in [9.17, 15) is 9.90 Å². The lowest BCUT2D eigenvalue weighted by molar-refractivity contribution is -0.00452. The zero-order valence-electron chi connectivity index (χ0n) is 13.0. The molecule has 120 valence electrons. The molecule has 5 nitrogen and oxygen atoms in total. The van der Waals surface area contributed by atoms with E-state index in [0.717, 1.165) is 18.4 Å². The van der Waals surface area contributed by atoms with Gasteiger partial charge in [0.15, 0.2) is 0 Å². The molecule has 21 heavy (non-hydrogen) atoms.